The summed E-state index contributed by atoms with van der Waals surface area (Å²) >= 11 is 0. The molecule has 1 heterocycles. The molecule has 0 aliphatic carbocycles. The number of ether oxygens (including phenoxy) is 1. The molecular weight excluding hydrogens is 486 g/mol. The Morgan fingerprint density at radius 2 is 1.51 bits per heavy atom. The van der Waals surface area contributed by atoms with Gasteiger partial charge in [0.05, 0.1) is 12.2 Å². The second kappa shape index (κ2) is 16.5. The van der Waals surface area contributed by atoms with E-state index in [-0.39, 0.29) is 17.9 Å². The van der Waals surface area contributed by atoms with Crippen LogP contribution in [-0.2, 0) is 4.74 Å². The number of benzene rings is 2. The van der Waals surface area contributed by atoms with Crippen molar-refractivity contribution in [2.75, 3.05) is 11.9 Å². The van der Waals surface area contributed by atoms with Gasteiger partial charge in [-0.25, -0.2) is 4.79 Å². The smallest absolute Gasteiger partial charge is 0.338 e. The number of hydrogen-bond donors (Lipinski definition) is 2. The van der Waals surface area contributed by atoms with E-state index in [1.54, 1.807) is 36.7 Å². The molecule has 0 spiro atoms. The molecule has 3 aromatic rings. The zero-order chi connectivity index (χ0) is 27.9. The number of aromatic nitrogens is 1. The number of carbonyl (C=O) groups is 2. The van der Waals surface area contributed by atoms with Crippen molar-refractivity contribution in [2.45, 2.75) is 84.1 Å². The molecule has 6 heteroatoms. The minimum absolute atomic E-state index is 0.231. The number of amides is 1. The zero-order valence-corrected chi connectivity index (χ0v) is 23.5. The van der Waals surface area contributed by atoms with Crippen molar-refractivity contribution in [2.24, 2.45) is 5.73 Å². The predicted octanol–water partition coefficient (Wildman–Crippen LogP) is 8.10. The molecule has 2 aromatic carbocycles. The number of nitrogens with zero attached hydrogens (tertiary/aromatic N) is 1. The monoisotopic (exact) mass is 529 g/mol. The van der Waals surface area contributed by atoms with Crippen molar-refractivity contribution in [1.29, 1.82) is 0 Å². The molecule has 0 saturated heterocycles. The van der Waals surface area contributed by atoms with Crippen molar-refractivity contribution in [3.63, 3.8) is 0 Å². The topological polar surface area (TPSA) is 94.3 Å². The molecule has 1 unspecified atom stereocenters. The third-order valence-electron chi connectivity index (χ3n) is 6.88. The molecule has 6 nitrogen and oxygen atoms in total. The Balaban J connectivity index is 1.57. The summed E-state index contributed by atoms with van der Waals surface area (Å²) in [7, 11) is 0. The van der Waals surface area contributed by atoms with Crippen LogP contribution in [0.3, 0.4) is 0 Å². The maximum atomic E-state index is 12.9. The molecule has 0 aliphatic heterocycles. The van der Waals surface area contributed by atoms with Crippen LogP contribution >= 0.6 is 0 Å². The van der Waals surface area contributed by atoms with E-state index in [1.165, 1.54) is 51.4 Å². The summed E-state index contributed by atoms with van der Waals surface area (Å²) in [5.74, 6) is -0.563. The van der Waals surface area contributed by atoms with Gasteiger partial charge < -0.3 is 15.8 Å². The molecule has 0 radical (unpaired) electrons. The minimum Gasteiger partial charge on any atom is -0.462 e. The van der Waals surface area contributed by atoms with E-state index in [1.807, 2.05) is 37.3 Å². The van der Waals surface area contributed by atoms with Gasteiger partial charge in [-0.1, -0.05) is 82.9 Å². The second-order valence-corrected chi connectivity index (χ2v) is 10.2. The fraction of sp³-hybridized carbons (Fsp3) is 0.424. The Labute approximate surface area is 233 Å². The Bertz CT molecular complexity index is 1180. The number of carbonyl (C=O) groups excluding carboxylic acids is 2. The van der Waals surface area contributed by atoms with E-state index < -0.39 is 0 Å². The molecule has 1 atom stereocenters. The molecule has 0 aliphatic rings. The predicted molar refractivity (Wildman–Crippen MR) is 159 cm³/mol. The number of hydrogen-bond acceptors (Lipinski definition) is 5. The Morgan fingerprint density at radius 1 is 0.846 bits per heavy atom. The van der Waals surface area contributed by atoms with Crippen LogP contribution in [0.4, 0.5) is 5.69 Å². The van der Waals surface area contributed by atoms with Crippen LogP contribution in [0.25, 0.3) is 11.1 Å². The van der Waals surface area contributed by atoms with Gasteiger partial charge in [-0.3, -0.25) is 9.78 Å². The molecule has 208 valence electrons. The standard InChI is InChI=1S/C33H43N3O3/c1-3-4-5-6-7-8-9-10-11-12-22-39-33(38)28-15-13-14-26(23-28)31-24-27(16-17-30(31)25(2)34)32(37)36-29-18-20-35-21-19-29/h13-21,23-25H,3-12,22,34H2,1-2H3,(H,35,36,37). The Kier molecular flexibility index (Phi) is 12.7. The third-order valence-corrected chi connectivity index (χ3v) is 6.88. The molecule has 0 saturated carbocycles. The second-order valence-electron chi connectivity index (χ2n) is 10.2. The fourth-order valence-electron chi connectivity index (χ4n) is 4.63. The first-order valence-electron chi connectivity index (χ1n) is 14.4. The molecule has 3 N–H and O–H groups in total. The minimum atomic E-state index is -0.332. The fourth-order valence-corrected chi connectivity index (χ4v) is 4.63. The summed E-state index contributed by atoms with van der Waals surface area (Å²) in [6.07, 6.45) is 15.6. The van der Waals surface area contributed by atoms with Gasteiger partial charge in [-0.05, 0) is 66.4 Å². The first-order valence-corrected chi connectivity index (χ1v) is 14.4. The van der Waals surface area contributed by atoms with Crippen LogP contribution in [0.2, 0.25) is 0 Å². The lowest BCUT2D eigenvalue weighted by Gasteiger charge is -2.16. The van der Waals surface area contributed by atoms with Crippen LogP contribution in [0.5, 0.6) is 0 Å². The van der Waals surface area contributed by atoms with E-state index in [0.717, 1.165) is 29.5 Å². The van der Waals surface area contributed by atoms with Crippen molar-refractivity contribution in [3.8, 4) is 11.1 Å². The Morgan fingerprint density at radius 3 is 2.18 bits per heavy atom. The number of esters is 1. The molecule has 1 amide bonds. The number of nitrogens with two attached hydrogens (primary N) is 1. The first-order chi connectivity index (χ1) is 19.0. The van der Waals surface area contributed by atoms with Gasteiger partial charge in [-0.2, -0.15) is 0 Å². The summed E-state index contributed by atoms with van der Waals surface area (Å²) in [6.45, 7) is 4.57. The molecule has 0 fully saturated rings. The summed E-state index contributed by atoms with van der Waals surface area (Å²) < 4.78 is 5.56. The highest BCUT2D eigenvalue weighted by Crippen LogP contribution is 2.30. The third kappa shape index (κ3) is 9.95. The van der Waals surface area contributed by atoms with Crippen molar-refractivity contribution in [3.05, 3.63) is 83.7 Å². The van der Waals surface area contributed by atoms with Gasteiger partial charge in [0.15, 0.2) is 0 Å². The van der Waals surface area contributed by atoms with E-state index >= 15 is 0 Å². The zero-order valence-electron chi connectivity index (χ0n) is 23.5. The summed E-state index contributed by atoms with van der Waals surface area (Å²) in [6, 6.07) is 16.0. The molecule has 39 heavy (non-hydrogen) atoms. The first kappa shape index (κ1) is 30.0. The molecule has 0 bridgehead atoms. The van der Waals surface area contributed by atoms with Crippen LogP contribution in [-0.4, -0.2) is 23.5 Å². The van der Waals surface area contributed by atoms with Crippen molar-refractivity contribution >= 4 is 17.6 Å². The quantitative estimate of drug-likeness (QED) is 0.144. The number of nitrogens with one attached hydrogen (secondary N) is 1. The van der Waals surface area contributed by atoms with Crippen LogP contribution in [0, 0.1) is 0 Å². The average molecular weight is 530 g/mol. The summed E-state index contributed by atoms with van der Waals surface area (Å²) in [5.41, 5.74) is 10.4. The molecular formula is C33H43N3O3. The number of unbranched alkanes of at least 4 members (excludes halogenated alkanes) is 9. The highest BCUT2D eigenvalue weighted by molar-refractivity contribution is 6.05. The highest BCUT2D eigenvalue weighted by atomic mass is 16.5. The lowest BCUT2D eigenvalue weighted by Crippen LogP contribution is -2.14. The van der Waals surface area contributed by atoms with Gasteiger partial charge in [0.25, 0.3) is 5.91 Å². The molecule has 1 aromatic heterocycles. The normalized spacial score (nSPS) is 11.7. The largest absolute Gasteiger partial charge is 0.462 e. The average Bonchev–Trinajstić information content (AvgIpc) is 2.96. The maximum absolute atomic E-state index is 12.9. The molecule has 3 rings (SSSR count). The van der Waals surface area contributed by atoms with Gasteiger partial charge >= 0.3 is 5.97 Å². The number of pyridine rings is 1. The van der Waals surface area contributed by atoms with E-state index in [4.69, 9.17) is 10.5 Å². The lowest BCUT2D eigenvalue weighted by molar-refractivity contribution is 0.0497. The summed E-state index contributed by atoms with van der Waals surface area (Å²) in [4.78, 5) is 29.6. The number of anilines is 1. The lowest BCUT2D eigenvalue weighted by atomic mass is 9.92. The summed E-state index contributed by atoms with van der Waals surface area (Å²) in [5, 5.41) is 2.89. The van der Waals surface area contributed by atoms with E-state index in [9.17, 15) is 9.59 Å². The van der Waals surface area contributed by atoms with Gasteiger partial charge in [0.1, 0.15) is 0 Å². The van der Waals surface area contributed by atoms with Crippen LogP contribution in [0.1, 0.15) is 110 Å². The van der Waals surface area contributed by atoms with Crippen LogP contribution in [0.15, 0.2) is 67.0 Å². The van der Waals surface area contributed by atoms with Crippen LogP contribution < -0.4 is 11.1 Å². The SMILES string of the molecule is CCCCCCCCCCCCOC(=O)c1cccc(-c2cc(C(=O)Nc3ccncc3)ccc2C(C)N)c1. The van der Waals surface area contributed by atoms with Crippen molar-refractivity contribution < 1.29 is 14.3 Å². The van der Waals surface area contributed by atoms with E-state index in [0.29, 0.717) is 23.4 Å². The van der Waals surface area contributed by atoms with Crippen molar-refractivity contribution in [1.82, 2.24) is 4.98 Å². The van der Waals surface area contributed by atoms with E-state index in [2.05, 4.69) is 17.2 Å². The highest BCUT2D eigenvalue weighted by Gasteiger charge is 2.16. The Hall–Kier alpha value is -3.51. The van der Waals surface area contributed by atoms with Gasteiger partial charge in [0, 0.05) is 29.7 Å². The van der Waals surface area contributed by atoms with Gasteiger partial charge in [0.2, 0.25) is 0 Å². The number of rotatable bonds is 16. The maximum Gasteiger partial charge on any atom is 0.338 e. The van der Waals surface area contributed by atoms with Gasteiger partial charge in [-0.15, -0.1) is 0 Å².